The molecule has 1 atom stereocenters. The van der Waals surface area contributed by atoms with Crippen LogP contribution in [0.3, 0.4) is 0 Å². The van der Waals surface area contributed by atoms with Crippen LogP contribution in [-0.2, 0) is 4.79 Å². The van der Waals surface area contributed by atoms with Crippen LogP contribution in [-0.4, -0.2) is 28.0 Å². The highest BCUT2D eigenvalue weighted by molar-refractivity contribution is 5.95. The van der Waals surface area contributed by atoms with Gasteiger partial charge in [0.05, 0.1) is 23.8 Å². The van der Waals surface area contributed by atoms with Crippen LogP contribution in [0.4, 0.5) is 0 Å². The van der Waals surface area contributed by atoms with Gasteiger partial charge in [-0.2, -0.15) is 5.10 Å². The quantitative estimate of drug-likeness (QED) is 0.771. The molecule has 0 bridgehead atoms. The largest absolute Gasteiger partial charge is 0.342 e. The third kappa shape index (κ3) is 2.60. The number of aromatic nitrogens is 2. The molecule has 2 aliphatic rings. The number of carbonyl (C=O) groups is 2. The van der Waals surface area contributed by atoms with Crippen molar-refractivity contribution in [3.05, 3.63) is 18.0 Å². The maximum absolute atomic E-state index is 11.9. The molecular weight excluding hydrogens is 230 g/mol. The summed E-state index contributed by atoms with van der Waals surface area (Å²) >= 11 is 0. The van der Waals surface area contributed by atoms with Gasteiger partial charge in [0, 0.05) is 6.20 Å². The zero-order valence-corrected chi connectivity index (χ0v) is 10.2. The zero-order chi connectivity index (χ0) is 12.5. The first kappa shape index (κ1) is 11.4. The van der Waals surface area contributed by atoms with Gasteiger partial charge in [-0.1, -0.05) is 12.8 Å². The Kier molecular flexibility index (Phi) is 2.89. The van der Waals surface area contributed by atoms with Crippen LogP contribution < -0.4 is 5.32 Å². The summed E-state index contributed by atoms with van der Waals surface area (Å²) < 4.78 is 1.84. The Morgan fingerprint density at radius 3 is 2.89 bits per heavy atom. The predicted octanol–water partition coefficient (Wildman–Crippen LogP) is 1.32. The molecule has 0 spiro atoms. The Morgan fingerprint density at radius 1 is 1.50 bits per heavy atom. The molecule has 2 fully saturated rings. The van der Waals surface area contributed by atoms with Crippen molar-refractivity contribution >= 4 is 12.2 Å². The van der Waals surface area contributed by atoms with Crippen molar-refractivity contribution in [3.63, 3.8) is 0 Å². The number of carbonyl (C=O) groups excluding carboxylic acids is 2. The Bertz CT molecular complexity index is 461. The van der Waals surface area contributed by atoms with Crippen molar-refractivity contribution in [2.24, 2.45) is 5.92 Å². The average molecular weight is 247 g/mol. The van der Waals surface area contributed by atoms with Crippen LogP contribution in [0.2, 0.25) is 0 Å². The summed E-state index contributed by atoms with van der Waals surface area (Å²) in [5, 5.41) is 6.94. The minimum atomic E-state index is -0.353. The third-order valence-electron chi connectivity index (χ3n) is 3.55. The number of nitrogens with zero attached hydrogens (tertiary/aromatic N) is 2. The normalized spacial score (nSPS) is 20.4. The lowest BCUT2D eigenvalue weighted by atomic mass is 10.1. The predicted molar refractivity (Wildman–Crippen MR) is 65.2 cm³/mol. The van der Waals surface area contributed by atoms with Gasteiger partial charge in [-0.15, -0.1) is 0 Å². The number of aldehydes is 1. The van der Waals surface area contributed by atoms with Crippen molar-refractivity contribution in [3.8, 4) is 0 Å². The highest BCUT2D eigenvalue weighted by atomic mass is 16.2. The summed E-state index contributed by atoms with van der Waals surface area (Å²) in [5.74, 6) is 0.425. The highest BCUT2D eigenvalue weighted by Crippen LogP contribution is 2.34. The van der Waals surface area contributed by atoms with Crippen LogP contribution in [0, 0.1) is 5.92 Å². The summed E-state index contributed by atoms with van der Waals surface area (Å²) in [5.41, 5.74) is 0.546. The van der Waals surface area contributed by atoms with E-state index in [1.54, 1.807) is 12.4 Å². The van der Waals surface area contributed by atoms with E-state index < -0.39 is 0 Å². The molecule has 96 valence electrons. The van der Waals surface area contributed by atoms with Gasteiger partial charge in [0.2, 0.25) is 0 Å². The van der Waals surface area contributed by atoms with E-state index in [-0.39, 0.29) is 11.9 Å². The van der Waals surface area contributed by atoms with Crippen LogP contribution in [0.15, 0.2) is 12.4 Å². The Morgan fingerprint density at radius 2 is 2.28 bits per heavy atom. The molecule has 0 aromatic carbocycles. The molecule has 2 saturated carbocycles. The second-order valence-electron chi connectivity index (χ2n) is 5.34. The Labute approximate surface area is 106 Å². The molecule has 0 saturated heterocycles. The van der Waals surface area contributed by atoms with Crippen LogP contribution in [0.1, 0.15) is 48.5 Å². The van der Waals surface area contributed by atoms with Gasteiger partial charge >= 0.3 is 0 Å². The molecule has 5 nitrogen and oxygen atoms in total. The van der Waals surface area contributed by atoms with Crippen molar-refractivity contribution in [1.82, 2.24) is 15.1 Å². The fraction of sp³-hybridized carbons (Fsp3) is 0.615. The van der Waals surface area contributed by atoms with Crippen molar-refractivity contribution in [1.29, 1.82) is 0 Å². The lowest BCUT2D eigenvalue weighted by Crippen LogP contribution is -2.36. The summed E-state index contributed by atoms with van der Waals surface area (Å²) in [6, 6.07) is 0.120. The van der Waals surface area contributed by atoms with Gasteiger partial charge in [0.1, 0.15) is 6.29 Å². The van der Waals surface area contributed by atoms with Gasteiger partial charge in [-0.25, -0.2) is 0 Å². The Balaban J connectivity index is 1.59. The van der Waals surface area contributed by atoms with Crippen molar-refractivity contribution in [2.75, 3.05) is 0 Å². The van der Waals surface area contributed by atoms with Crippen molar-refractivity contribution < 1.29 is 9.59 Å². The van der Waals surface area contributed by atoms with Gasteiger partial charge in [0.25, 0.3) is 5.91 Å². The number of hydrogen-bond acceptors (Lipinski definition) is 3. The minimum Gasteiger partial charge on any atom is -0.342 e. The highest BCUT2D eigenvalue weighted by Gasteiger charge is 2.27. The monoisotopic (exact) mass is 247 g/mol. The number of amides is 1. The molecule has 1 unspecified atom stereocenters. The van der Waals surface area contributed by atoms with E-state index in [1.165, 1.54) is 12.8 Å². The first-order valence-electron chi connectivity index (χ1n) is 6.56. The molecule has 2 aliphatic carbocycles. The SMILES string of the molecule is O=CC(CC1CC1)NC(=O)c1cnn(C2CC2)c1. The molecule has 0 aliphatic heterocycles. The minimum absolute atomic E-state index is 0.195. The molecule has 1 amide bonds. The standard InChI is InChI=1S/C13H17N3O2/c17-8-11(5-9-1-2-9)15-13(18)10-6-14-16(7-10)12-3-4-12/h6-9,11-12H,1-5H2,(H,15,18). The summed E-state index contributed by atoms with van der Waals surface area (Å²) in [4.78, 5) is 22.9. The fourth-order valence-electron chi connectivity index (χ4n) is 2.11. The van der Waals surface area contributed by atoms with E-state index in [1.807, 2.05) is 4.68 Å². The maximum Gasteiger partial charge on any atom is 0.255 e. The molecule has 0 radical (unpaired) electrons. The number of rotatable bonds is 6. The fourth-order valence-corrected chi connectivity index (χ4v) is 2.11. The molecular formula is C13H17N3O2. The lowest BCUT2D eigenvalue weighted by molar-refractivity contribution is -0.109. The van der Waals surface area contributed by atoms with Crippen LogP contribution >= 0.6 is 0 Å². The molecule has 1 aromatic heterocycles. The molecule has 5 heteroatoms. The van der Waals surface area contributed by atoms with E-state index in [9.17, 15) is 9.59 Å². The van der Waals surface area contributed by atoms with Gasteiger partial charge in [-0.3, -0.25) is 9.48 Å². The molecule has 1 heterocycles. The molecule has 18 heavy (non-hydrogen) atoms. The molecule has 1 N–H and O–H groups in total. The maximum atomic E-state index is 11.9. The number of hydrogen-bond donors (Lipinski definition) is 1. The first-order valence-corrected chi connectivity index (χ1v) is 6.56. The first-order chi connectivity index (χ1) is 8.76. The third-order valence-corrected chi connectivity index (χ3v) is 3.55. The van der Waals surface area contributed by atoms with Crippen LogP contribution in [0.25, 0.3) is 0 Å². The van der Waals surface area contributed by atoms with Crippen molar-refractivity contribution in [2.45, 2.75) is 44.2 Å². The van der Waals surface area contributed by atoms with E-state index in [0.29, 0.717) is 17.5 Å². The number of nitrogens with one attached hydrogen (secondary N) is 1. The lowest BCUT2D eigenvalue weighted by Gasteiger charge is -2.10. The van der Waals surface area contributed by atoms with Gasteiger partial charge < -0.3 is 10.1 Å². The average Bonchev–Trinajstić information content (AvgIpc) is 3.29. The summed E-state index contributed by atoms with van der Waals surface area (Å²) in [7, 11) is 0. The topological polar surface area (TPSA) is 64.0 Å². The zero-order valence-electron chi connectivity index (χ0n) is 10.2. The van der Waals surface area contributed by atoms with Gasteiger partial charge in [-0.05, 0) is 25.2 Å². The smallest absolute Gasteiger partial charge is 0.255 e. The summed E-state index contributed by atoms with van der Waals surface area (Å²) in [6.45, 7) is 0. The Hall–Kier alpha value is -1.65. The second kappa shape index (κ2) is 4.55. The van der Waals surface area contributed by atoms with Crippen LogP contribution in [0.5, 0.6) is 0 Å². The van der Waals surface area contributed by atoms with E-state index in [4.69, 9.17) is 0 Å². The van der Waals surface area contributed by atoms with E-state index in [0.717, 1.165) is 25.5 Å². The van der Waals surface area contributed by atoms with E-state index in [2.05, 4.69) is 10.4 Å². The second-order valence-corrected chi connectivity index (χ2v) is 5.34. The summed E-state index contributed by atoms with van der Waals surface area (Å²) in [6.07, 6.45) is 9.59. The van der Waals surface area contributed by atoms with E-state index >= 15 is 0 Å². The van der Waals surface area contributed by atoms with Gasteiger partial charge in [0.15, 0.2) is 0 Å². The molecule has 3 rings (SSSR count). The molecule has 1 aromatic rings.